The number of hydrogen-bond donors (Lipinski definition) is 1. The molecule has 0 saturated carbocycles. The van der Waals surface area contributed by atoms with Gasteiger partial charge in [-0.25, -0.2) is 4.39 Å². The van der Waals surface area contributed by atoms with Crippen molar-refractivity contribution in [3.63, 3.8) is 0 Å². The number of carbonyl (C=O) groups excluding carboxylic acids is 2. The normalized spacial score (nSPS) is 15.2. The molecule has 156 valence electrons. The molecule has 0 aromatic heterocycles. The number of nitrogens with zero attached hydrogens (tertiary/aromatic N) is 1. The Morgan fingerprint density at radius 3 is 2.58 bits per heavy atom. The molecular formula is C25H21FN2O3. The van der Waals surface area contributed by atoms with Crippen LogP contribution in [0.3, 0.4) is 0 Å². The van der Waals surface area contributed by atoms with Crippen LogP contribution in [-0.2, 0) is 9.59 Å². The molecule has 2 amide bonds. The fourth-order valence-corrected chi connectivity index (χ4v) is 3.42. The lowest BCUT2D eigenvalue weighted by Crippen LogP contribution is -2.44. The molecule has 5 nitrogen and oxygen atoms in total. The fraction of sp³-hybridized carbons (Fsp3) is 0.120. The van der Waals surface area contributed by atoms with E-state index in [9.17, 15) is 14.0 Å². The summed E-state index contributed by atoms with van der Waals surface area (Å²) in [7, 11) is 0. The smallest absolute Gasteiger partial charge is 0.294 e. The molecule has 1 aliphatic rings. The van der Waals surface area contributed by atoms with E-state index in [0.717, 1.165) is 5.56 Å². The standard InChI is InChI=1S/C25H21FN2O3/c1-17(19-9-3-2-4-10-19)27-24(29)16-28-21-12-5-6-13-22(21)31-23(25(28)30)15-18-8-7-11-20(26)14-18/h2-15,17H,16H2,1H3,(H,27,29)/b23-15+. The summed E-state index contributed by atoms with van der Waals surface area (Å²) < 4.78 is 19.3. The molecule has 0 radical (unpaired) electrons. The van der Waals surface area contributed by atoms with Crippen molar-refractivity contribution in [2.24, 2.45) is 0 Å². The van der Waals surface area contributed by atoms with Crippen molar-refractivity contribution >= 4 is 23.6 Å². The number of benzene rings is 3. The molecule has 1 atom stereocenters. The van der Waals surface area contributed by atoms with Crippen molar-refractivity contribution in [2.45, 2.75) is 13.0 Å². The maximum absolute atomic E-state index is 13.5. The summed E-state index contributed by atoms with van der Waals surface area (Å²) >= 11 is 0. The van der Waals surface area contributed by atoms with E-state index in [0.29, 0.717) is 17.0 Å². The number of para-hydroxylation sites is 2. The van der Waals surface area contributed by atoms with Crippen molar-refractivity contribution in [2.75, 3.05) is 11.4 Å². The molecule has 3 aromatic carbocycles. The third kappa shape index (κ3) is 4.64. The summed E-state index contributed by atoms with van der Waals surface area (Å²) in [5.41, 5.74) is 1.97. The highest BCUT2D eigenvalue weighted by Gasteiger charge is 2.31. The van der Waals surface area contributed by atoms with Crippen LogP contribution in [0.5, 0.6) is 5.75 Å². The zero-order chi connectivity index (χ0) is 21.8. The Morgan fingerprint density at radius 2 is 1.81 bits per heavy atom. The van der Waals surface area contributed by atoms with Crippen LogP contribution in [0.2, 0.25) is 0 Å². The predicted octanol–water partition coefficient (Wildman–Crippen LogP) is 4.47. The first kappa shape index (κ1) is 20.3. The minimum absolute atomic E-state index is 0.0215. The zero-order valence-electron chi connectivity index (χ0n) is 16.9. The van der Waals surface area contributed by atoms with Crippen LogP contribution >= 0.6 is 0 Å². The third-order valence-corrected chi connectivity index (χ3v) is 4.96. The third-order valence-electron chi connectivity index (χ3n) is 4.96. The molecule has 0 saturated heterocycles. The van der Waals surface area contributed by atoms with Gasteiger partial charge < -0.3 is 10.1 Å². The maximum atomic E-state index is 13.5. The van der Waals surface area contributed by atoms with Crippen LogP contribution in [0.4, 0.5) is 10.1 Å². The molecule has 0 bridgehead atoms. The molecule has 1 unspecified atom stereocenters. The van der Waals surface area contributed by atoms with Gasteiger partial charge in [0.05, 0.1) is 11.7 Å². The monoisotopic (exact) mass is 416 g/mol. The van der Waals surface area contributed by atoms with Crippen LogP contribution in [0.15, 0.2) is 84.6 Å². The number of nitrogens with one attached hydrogen (secondary N) is 1. The number of hydrogen-bond acceptors (Lipinski definition) is 3. The molecule has 1 heterocycles. The predicted molar refractivity (Wildman–Crippen MR) is 117 cm³/mol. The number of halogens is 1. The Labute approximate surface area is 179 Å². The van der Waals surface area contributed by atoms with Gasteiger partial charge >= 0.3 is 0 Å². The Bertz CT molecular complexity index is 1140. The lowest BCUT2D eigenvalue weighted by molar-refractivity contribution is -0.123. The van der Waals surface area contributed by atoms with Crippen molar-refractivity contribution in [1.82, 2.24) is 5.32 Å². The van der Waals surface area contributed by atoms with E-state index in [1.54, 1.807) is 36.4 Å². The van der Waals surface area contributed by atoms with Crippen LogP contribution < -0.4 is 15.0 Å². The quantitative estimate of drug-likeness (QED) is 0.625. The van der Waals surface area contributed by atoms with Gasteiger partial charge in [-0.3, -0.25) is 14.5 Å². The molecular weight excluding hydrogens is 395 g/mol. The zero-order valence-corrected chi connectivity index (χ0v) is 16.9. The van der Waals surface area contributed by atoms with Gasteiger partial charge in [-0.05, 0) is 48.4 Å². The van der Waals surface area contributed by atoms with Gasteiger partial charge in [0, 0.05) is 0 Å². The lowest BCUT2D eigenvalue weighted by Gasteiger charge is -2.30. The number of carbonyl (C=O) groups is 2. The summed E-state index contributed by atoms with van der Waals surface area (Å²) in [4.78, 5) is 27.2. The summed E-state index contributed by atoms with van der Waals surface area (Å²) in [5, 5.41) is 2.92. The largest absolute Gasteiger partial charge is 0.449 e. The van der Waals surface area contributed by atoms with E-state index < -0.39 is 11.7 Å². The average molecular weight is 416 g/mol. The minimum atomic E-state index is -0.467. The van der Waals surface area contributed by atoms with Crippen molar-refractivity contribution in [3.05, 3.63) is 102 Å². The van der Waals surface area contributed by atoms with Gasteiger partial charge in [-0.15, -0.1) is 0 Å². The number of rotatable bonds is 5. The van der Waals surface area contributed by atoms with E-state index in [-0.39, 0.29) is 24.3 Å². The van der Waals surface area contributed by atoms with Crippen LogP contribution in [0.25, 0.3) is 6.08 Å². The number of fused-ring (bicyclic) bond motifs is 1. The topological polar surface area (TPSA) is 58.6 Å². The Balaban J connectivity index is 1.58. The first-order valence-electron chi connectivity index (χ1n) is 9.91. The molecule has 0 fully saturated rings. The van der Waals surface area contributed by atoms with Gasteiger partial charge in [-0.1, -0.05) is 54.6 Å². The van der Waals surface area contributed by atoms with Crippen LogP contribution in [0.1, 0.15) is 24.1 Å². The average Bonchev–Trinajstić information content (AvgIpc) is 2.77. The van der Waals surface area contributed by atoms with E-state index in [1.165, 1.54) is 23.1 Å². The highest BCUT2D eigenvalue weighted by molar-refractivity contribution is 6.12. The van der Waals surface area contributed by atoms with E-state index in [1.807, 2.05) is 37.3 Å². The summed E-state index contributed by atoms with van der Waals surface area (Å²) in [5.74, 6) is -0.706. The highest BCUT2D eigenvalue weighted by atomic mass is 19.1. The summed E-state index contributed by atoms with van der Waals surface area (Å²) in [6, 6.07) is 22.2. The second kappa shape index (κ2) is 8.83. The highest BCUT2D eigenvalue weighted by Crippen LogP contribution is 2.35. The molecule has 1 aliphatic heterocycles. The Morgan fingerprint density at radius 1 is 1.06 bits per heavy atom. The van der Waals surface area contributed by atoms with Crippen LogP contribution in [0, 0.1) is 5.82 Å². The Hall–Kier alpha value is -3.93. The van der Waals surface area contributed by atoms with Gasteiger partial charge in [0.2, 0.25) is 5.91 Å². The summed E-state index contributed by atoms with van der Waals surface area (Å²) in [6.07, 6.45) is 1.47. The molecule has 1 N–H and O–H groups in total. The van der Waals surface area contributed by atoms with E-state index in [2.05, 4.69) is 5.32 Å². The first-order valence-corrected chi connectivity index (χ1v) is 9.91. The van der Waals surface area contributed by atoms with Crippen molar-refractivity contribution in [1.29, 1.82) is 0 Å². The SMILES string of the molecule is CC(NC(=O)CN1C(=O)/C(=C\c2cccc(F)c2)Oc2ccccc21)c1ccccc1. The van der Waals surface area contributed by atoms with E-state index in [4.69, 9.17) is 4.74 Å². The van der Waals surface area contributed by atoms with Crippen LogP contribution in [-0.4, -0.2) is 18.4 Å². The fourth-order valence-electron chi connectivity index (χ4n) is 3.42. The van der Waals surface area contributed by atoms with Gasteiger partial charge in [0.15, 0.2) is 11.5 Å². The van der Waals surface area contributed by atoms with Crippen molar-refractivity contribution in [3.8, 4) is 5.75 Å². The first-order chi connectivity index (χ1) is 15.0. The second-order valence-corrected chi connectivity index (χ2v) is 7.22. The Kier molecular flexibility index (Phi) is 5.80. The minimum Gasteiger partial charge on any atom is -0.449 e. The molecule has 0 spiro atoms. The molecule has 4 rings (SSSR count). The second-order valence-electron chi connectivity index (χ2n) is 7.22. The molecule has 6 heteroatoms. The maximum Gasteiger partial charge on any atom is 0.294 e. The molecule has 0 aliphatic carbocycles. The number of anilines is 1. The lowest BCUT2D eigenvalue weighted by atomic mass is 10.1. The van der Waals surface area contributed by atoms with Gasteiger partial charge in [-0.2, -0.15) is 0 Å². The molecule has 3 aromatic rings. The van der Waals surface area contributed by atoms with Gasteiger partial charge in [0.25, 0.3) is 5.91 Å². The van der Waals surface area contributed by atoms with Gasteiger partial charge in [0.1, 0.15) is 12.4 Å². The number of amides is 2. The van der Waals surface area contributed by atoms with Crippen molar-refractivity contribution < 1.29 is 18.7 Å². The summed E-state index contributed by atoms with van der Waals surface area (Å²) in [6.45, 7) is 1.72. The molecule has 31 heavy (non-hydrogen) atoms. The van der Waals surface area contributed by atoms with E-state index >= 15 is 0 Å². The number of ether oxygens (including phenoxy) is 1.